The van der Waals surface area contributed by atoms with E-state index >= 15 is 0 Å². The van der Waals surface area contributed by atoms with Crippen molar-refractivity contribution in [3.63, 3.8) is 0 Å². The number of hydrogen-bond donors (Lipinski definition) is 1. The van der Waals surface area contributed by atoms with E-state index in [0.29, 0.717) is 24.6 Å². The highest BCUT2D eigenvalue weighted by Gasteiger charge is 2.24. The van der Waals surface area contributed by atoms with E-state index in [2.05, 4.69) is 5.32 Å². The number of sulfonamides is 1. The van der Waals surface area contributed by atoms with Crippen LogP contribution in [0.2, 0.25) is 0 Å². The Morgan fingerprint density at radius 2 is 1.71 bits per heavy atom. The average Bonchev–Trinajstić information content (AvgIpc) is 2.61. The van der Waals surface area contributed by atoms with Crippen LogP contribution in [-0.2, 0) is 10.0 Å². The summed E-state index contributed by atoms with van der Waals surface area (Å²) < 4.78 is 36.4. The van der Waals surface area contributed by atoms with Gasteiger partial charge in [0.15, 0.2) is 0 Å². The van der Waals surface area contributed by atoms with Crippen LogP contribution in [0, 0.1) is 0 Å². The summed E-state index contributed by atoms with van der Waals surface area (Å²) in [6.45, 7) is 1.17. The predicted molar refractivity (Wildman–Crippen MR) is 91.1 cm³/mol. The number of carbonyl (C=O) groups is 1. The van der Waals surface area contributed by atoms with E-state index < -0.39 is 15.9 Å². The molecule has 1 aliphatic heterocycles. The Balaban J connectivity index is 1.98. The third kappa shape index (κ3) is 4.39. The van der Waals surface area contributed by atoms with Crippen LogP contribution in [-0.4, -0.2) is 58.2 Å². The van der Waals surface area contributed by atoms with Crippen LogP contribution in [0.25, 0.3) is 0 Å². The van der Waals surface area contributed by atoms with Gasteiger partial charge in [-0.1, -0.05) is 12.5 Å². The van der Waals surface area contributed by atoms with Crippen LogP contribution >= 0.6 is 0 Å². The quantitative estimate of drug-likeness (QED) is 0.795. The fourth-order valence-corrected chi connectivity index (χ4v) is 4.16. The Morgan fingerprint density at radius 1 is 1.12 bits per heavy atom. The number of nitrogens with one attached hydrogen (secondary N) is 1. The molecule has 0 aliphatic carbocycles. The SMILES string of the molecule is COc1cccc(OC)c1C(=O)NCCS(=O)(=O)N1CCCCC1. The van der Waals surface area contributed by atoms with Crippen molar-refractivity contribution in [3.8, 4) is 11.5 Å². The Kier molecular flexibility index (Phi) is 6.44. The lowest BCUT2D eigenvalue weighted by Crippen LogP contribution is -2.40. The average molecular weight is 356 g/mol. The molecule has 0 spiro atoms. The summed E-state index contributed by atoms with van der Waals surface area (Å²) in [5.74, 6) is 0.227. The highest BCUT2D eigenvalue weighted by molar-refractivity contribution is 7.89. The molecule has 1 aromatic rings. The minimum absolute atomic E-state index is 0.0405. The Morgan fingerprint density at radius 3 is 2.25 bits per heavy atom. The van der Waals surface area contributed by atoms with Crippen LogP contribution in [0.4, 0.5) is 0 Å². The Labute approximate surface area is 143 Å². The molecule has 1 saturated heterocycles. The number of piperidine rings is 1. The number of methoxy groups -OCH3 is 2. The fraction of sp³-hybridized carbons (Fsp3) is 0.562. The van der Waals surface area contributed by atoms with Crippen molar-refractivity contribution in [2.75, 3.05) is 39.6 Å². The van der Waals surface area contributed by atoms with Gasteiger partial charge >= 0.3 is 0 Å². The predicted octanol–water partition coefficient (Wildman–Crippen LogP) is 1.25. The second kappa shape index (κ2) is 8.34. The molecule has 0 bridgehead atoms. The smallest absolute Gasteiger partial charge is 0.258 e. The minimum Gasteiger partial charge on any atom is -0.496 e. The fourth-order valence-electron chi connectivity index (χ4n) is 2.73. The standard InChI is InChI=1S/C16H24N2O5S/c1-22-13-7-6-8-14(23-2)15(13)16(19)17-9-12-24(20,21)18-10-4-3-5-11-18/h6-8H,3-5,9-12H2,1-2H3,(H,17,19). The summed E-state index contributed by atoms with van der Waals surface area (Å²) >= 11 is 0. The van der Waals surface area contributed by atoms with E-state index in [0.717, 1.165) is 19.3 Å². The van der Waals surface area contributed by atoms with Crippen LogP contribution in [0.15, 0.2) is 18.2 Å². The number of ether oxygens (including phenoxy) is 2. The van der Waals surface area contributed by atoms with Gasteiger partial charge in [-0.2, -0.15) is 0 Å². The molecular weight excluding hydrogens is 332 g/mol. The van der Waals surface area contributed by atoms with Crippen molar-refractivity contribution in [2.24, 2.45) is 0 Å². The first-order valence-electron chi connectivity index (χ1n) is 7.96. The number of carbonyl (C=O) groups excluding carboxylic acids is 1. The van der Waals surface area contributed by atoms with Crippen LogP contribution < -0.4 is 14.8 Å². The van der Waals surface area contributed by atoms with Gasteiger partial charge in [0.2, 0.25) is 10.0 Å². The van der Waals surface area contributed by atoms with E-state index in [1.165, 1.54) is 18.5 Å². The number of nitrogens with zero attached hydrogens (tertiary/aromatic N) is 1. The van der Waals surface area contributed by atoms with Crippen LogP contribution in [0.1, 0.15) is 29.6 Å². The first kappa shape index (κ1) is 18.5. The molecule has 0 unspecified atom stereocenters. The van der Waals surface area contributed by atoms with Crippen molar-refractivity contribution < 1.29 is 22.7 Å². The molecule has 1 heterocycles. The first-order chi connectivity index (χ1) is 11.5. The summed E-state index contributed by atoms with van der Waals surface area (Å²) in [5.41, 5.74) is 0.262. The molecule has 1 fully saturated rings. The molecular formula is C16H24N2O5S. The van der Waals surface area contributed by atoms with E-state index in [1.54, 1.807) is 18.2 Å². The molecule has 0 saturated carbocycles. The van der Waals surface area contributed by atoms with Gasteiger partial charge in [0.25, 0.3) is 5.91 Å². The lowest BCUT2D eigenvalue weighted by Gasteiger charge is -2.25. The molecule has 134 valence electrons. The van der Waals surface area contributed by atoms with Gasteiger partial charge < -0.3 is 14.8 Å². The van der Waals surface area contributed by atoms with Crippen molar-refractivity contribution in [2.45, 2.75) is 19.3 Å². The van der Waals surface area contributed by atoms with E-state index in [9.17, 15) is 13.2 Å². The number of benzene rings is 1. The summed E-state index contributed by atoms with van der Waals surface area (Å²) in [5, 5.41) is 2.64. The molecule has 1 N–H and O–H groups in total. The van der Waals surface area contributed by atoms with Gasteiger partial charge in [-0.15, -0.1) is 0 Å². The normalized spacial score (nSPS) is 15.8. The second-order valence-electron chi connectivity index (χ2n) is 5.57. The first-order valence-corrected chi connectivity index (χ1v) is 9.57. The third-order valence-corrected chi connectivity index (χ3v) is 5.88. The summed E-state index contributed by atoms with van der Waals surface area (Å²) in [7, 11) is -0.407. The molecule has 7 nitrogen and oxygen atoms in total. The van der Waals surface area contributed by atoms with Crippen molar-refractivity contribution in [3.05, 3.63) is 23.8 Å². The summed E-state index contributed by atoms with van der Waals surface area (Å²) in [6.07, 6.45) is 2.85. The van der Waals surface area contributed by atoms with E-state index in [1.807, 2.05) is 0 Å². The van der Waals surface area contributed by atoms with Gasteiger partial charge in [0.1, 0.15) is 17.1 Å². The topological polar surface area (TPSA) is 84.9 Å². The van der Waals surface area contributed by atoms with Crippen molar-refractivity contribution >= 4 is 15.9 Å². The maximum atomic E-state index is 12.4. The van der Waals surface area contributed by atoms with Gasteiger partial charge in [-0.3, -0.25) is 4.79 Å². The zero-order valence-corrected chi connectivity index (χ0v) is 14.9. The zero-order valence-electron chi connectivity index (χ0n) is 14.1. The van der Waals surface area contributed by atoms with Gasteiger partial charge in [0, 0.05) is 19.6 Å². The van der Waals surface area contributed by atoms with Crippen LogP contribution in [0.3, 0.4) is 0 Å². The molecule has 0 atom stereocenters. The van der Waals surface area contributed by atoms with Gasteiger partial charge in [0.05, 0.1) is 20.0 Å². The van der Waals surface area contributed by atoms with E-state index in [4.69, 9.17) is 9.47 Å². The monoisotopic (exact) mass is 356 g/mol. The lowest BCUT2D eigenvalue weighted by atomic mass is 10.1. The second-order valence-corrected chi connectivity index (χ2v) is 7.66. The van der Waals surface area contributed by atoms with Gasteiger partial charge in [-0.05, 0) is 25.0 Å². The molecule has 1 aromatic carbocycles. The minimum atomic E-state index is -3.34. The molecule has 24 heavy (non-hydrogen) atoms. The van der Waals surface area contributed by atoms with Crippen molar-refractivity contribution in [1.29, 1.82) is 0 Å². The lowest BCUT2D eigenvalue weighted by molar-refractivity contribution is 0.0950. The Bertz CT molecular complexity index is 647. The van der Waals surface area contributed by atoms with E-state index in [-0.39, 0.29) is 17.9 Å². The number of hydrogen-bond acceptors (Lipinski definition) is 5. The summed E-state index contributed by atoms with van der Waals surface area (Å²) in [6, 6.07) is 5.03. The molecule has 8 heteroatoms. The largest absolute Gasteiger partial charge is 0.496 e. The molecule has 2 rings (SSSR count). The van der Waals surface area contributed by atoms with Gasteiger partial charge in [-0.25, -0.2) is 12.7 Å². The molecule has 0 aromatic heterocycles. The van der Waals surface area contributed by atoms with Crippen LogP contribution in [0.5, 0.6) is 11.5 Å². The number of rotatable bonds is 7. The maximum absolute atomic E-state index is 12.4. The molecule has 1 aliphatic rings. The highest BCUT2D eigenvalue weighted by atomic mass is 32.2. The Hall–Kier alpha value is -1.80. The molecule has 0 radical (unpaired) electrons. The highest BCUT2D eigenvalue weighted by Crippen LogP contribution is 2.27. The third-order valence-electron chi connectivity index (χ3n) is 4.01. The number of amides is 1. The molecule has 1 amide bonds. The van der Waals surface area contributed by atoms with Crippen molar-refractivity contribution in [1.82, 2.24) is 9.62 Å². The summed E-state index contributed by atoms with van der Waals surface area (Å²) in [4.78, 5) is 12.4. The maximum Gasteiger partial charge on any atom is 0.258 e. The zero-order chi connectivity index (χ0) is 17.6.